The number of rotatable bonds is 1. The van der Waals surface area contributed by atoms with Gasteiger partial charge in [-0.3, -0.25) is 4.55 Å². The van der Waals surface area contributed by atoms with Crippen molar-refractivity contribution in [3.63, 3.8) is 0 Å². The molecule has 0 amide bonds. The molecule has 0 unspecified atom stereocenters. The van der Waals surface area contributed by atoms with E-state index >= 15 is 0 Å². The van der Waals surface area contributed by atoms with E-state index in [9.17, 15) is 8.42 Å². The lowest BCUT2D eigenvalue weighted by molar-refractivity contribution is 0.482. The van der Waals surface area contributed by atoms with Crippen molar-refractivity contribution in [3.8, 4) is 0 Å². The SMILES string of the molecule is Cc1cc(S(=O)(=O)O)c(C)c(Br)c1C. The number of aryl methyl sites for hydroxylation is 1. The van der Waals surface area contributed by atoms with Gasteiger partial charge in [0, 0.05) is 4.47 Å². The Morgan fingerprint density at radius 3 is 2.14 bits per heavy atom. The molecule has 0 atom stereocenters. The van der Waals surface area contributed by atoms with Crippen LogP contribution in [0, 0.1) is 20.8 Å². The average Bonchev–Trinajstić information content (AvgIpc) is 2.06. The molecule has 0 saturated carbocycles. The topological polar surface area (TPSA) is 54.4 Å². The Morgan fingerprint density at radius 1 is 1.21 bits per heavy atom. The minimum absolute atomic E-state index is 0.0347. The fourth-order valence-electron chi connectivity index (χ4n) is 1.24. The van der Waals surface area contributed by atoms with Crippen LogP contribution in [0.4, 0.5) is 0 Å². The Balaban J connectivity index is 3.66. The van der Waals surface area contributed by atoms with Gasteiger partial charge in [0.25, 0.3) is 10.1 Å². The van der Waals surface area contributed by atoms with Gasteiger partial charge in [0.2, 0.25) is 0 Å². The molecular formula is C9H11BrO3S. The van der Waals surface area contributed by atoms with Gasteiger partial charge in [-0.25, -0.2) is 0 Å². The first-order valence-electron chi connectivity index (χ1n) is 3.99. The zero-order valence-corrected chi connectivity index (χ0v) is 10.5. The zero-order chi connectivity index (χ0) is 11.1. The lowest BCUT2D eigenvalue weighted by Gasteiger charge is -2.10. The minimum atomic E-state index is -4.13. The first-order valence-corrected chi connectivity index (χ1v) is 6.22. The molecule has 5 heteroatoms. The van der Waals surface area contributed by atoms with E-state index in [2.05, 4.69) is 15.9 Å². The molecule has 3 nitrogen and oxygen atoms in total. The highest BCUT2D eigenvalue weighted by Crippen LogP contribution is 2.29. The normalized spacial score (nSPS) is 11.8. The lowest BCUT2D eigenvalue weighted by atomic mass is 10.1. The fourth-order valence-corrected chi connectivity index (χ4v) is 2.72. The molecule has 1 aromatic carbocycles. The number of hydrogen-bond acceptors (Lipinski definition) is 2. The predicted octanol–water partition coefficient (Wildman–Crippen LogP) is 2.62. The third-order valence-corrected chi connectivity index (χ3v) is 4.41. The highest BCUT2D eigenvalue weighted by Gasteiger charge is 2.17. The molecule has 0 spiro atoms. The van der Waals surface area contributed by atoms with Crippen molar-refractivity contribution in [3.05, 3.63) is 27.2 Å². The van der Waals surface area contributed by atoms with Gasteiger partial charge in [-0.2, -0.15) is 8.42 Å². The summed E-state index contributed by atoms with van der Waals surface area (Å²) >= 11 is 3.30. The maximum Gasteiger partial charge on any atom is 0.294 e. The maximum absolute atomic E-state index is 11.0. The van der Waals surface area contributed by atoms with Crippen LogP contribution in [0.25, 0.3) is 0 Å². The van der Waals surface area contributed by atoms with E-state index in [0.29, 0.717) is 5.56 Å². The van der Waals surface area contributed by atoms with Gasteiger partial charge in [0.05, 0.1) is 4.90 Å². The monoisotopic (exact) mass is 278 g/mol. The van der Waals surface area contributed by atoms with Crippen molar-refractivity contribution in [2.75, 3.05) is 0 Å². The first-order chi connectivity index (χ1) is 6.25. The molecule has 14 heavy (non-hydrogen) atoms. The average molecular weight is 279 g/mol. The van der Waals surface area contributed by atoms with Gasteiger partial charge in [-0.15, -0.1) is 0 Å². The van der Waals surface area contributed by atoms with E-state index in [1.54, 1.807) is 13.8 Å². The van der Waals surface area contributed by atoms with Crippen LogP contribution in [0.15, 0.2) is 15.4 Å². The third kappa shape index (κ3) is 1.99. The van der Waals surface area contributed by atoms with Crippen molar-refractivity contribution in [1.29, 1.82) is 0 Å². The number of benzene rings is 1. The molecule has 1 rings (SSSR count). The molecule has 0 aliphatic carbocycles. The van der Waals surface area contributed by atoms with Crippen LogP contribution in [0.1, 0.15) is 16.7 Å². The van der Waals surface area contributed by atoms with Gasteiger partial charge in [0.1, 0.15) is 0 Å². The lowest BCUT2D eigenvalue weighted by Crippen LogP contribution is -2.03. The summed E-state index contributed by atoms with van der Waals surface area (Å²) < 4.78 is 31.7. The fraction of sp³-hybridized carbons (Fsp3) is 0.333. The second kappa shape index (κ2) is 3.64. The van der Waals surface area contributed by atoms with Crippen molar-refractivity contribution >= 4 is 26.0 Å². The number of halogens is 1. The second-order valence-electron chi connectivity index (χ2n) is 3.23. The smallest absolute Gasteiger partial charge is 0.282 e. The highest BCUT2D eigenvalue weighted by atomic mass is 79.9. The molecule has 0 bridgehead atoms. The third-order valence-electron chi connectivity index (χ3n) is 2.25. The molecule has 78 valence electrons. The van der Waals surface area contributed by atoms with E-state index in [0.717, 1.165) is 15.6 Å². The van der Waals surface area contributed by atoms with Gasteiger partial charge in [-0.1, -0.05) is 15.9 Å². The van der Waals surface area contributed by atoms with E-state index < -0.39 is 10.1 Å². The molecular weight excluding hydrogens is 268 g/mol. The van der Waals surface area contributed by atoms with Gasteiger partial charge < -0.3 is 0 Å². The molecule has 0 heterocycles. The first kappa shape index (κ1) is 11.7. The van der Waals surface area contributed by atoms with Gasteiger partial charge in [0.15, 0.2) is 0 Å². The van der Waals surface area contributed by atoms with Crippen LogP contribution in [-0.4, -0.2) is 13.0 Å². The zero-order valence-electron chi connectivity index (χ0n) is 8.13. The van der Waals surface area contributed by atoms with Crippen LogP contribution in [0.3, 0.4) is 0 Å². The van der Waals surface area contributed by atoms with Crippen molar-refractivity contribution in [1.82, 2.24) is 0 Å². The summed E-state index contributed by atoms with van der Waals surface area (Å²) in [7, 11) is -4.13. The maximum atomic E-state index is 11.0. The highest BCUT2D eigenvalue weighted by molar-refractivity contribution is 9.10. The van der Waals surface area contributed by atoms with E-state index in [4.69, 9.17) is 4.55 Å². The summed E-state index contributed by atoms with van der Waals surface area (Å²) in [4.78, 5) is -0.0347. The van der Waals surface area contributed by atoms with Crippen molar-refractivity contribution < 1.29 is 13.0 Å². The largest absolute Gasteiger partial charge is 0.294 e. The van der Waals surface area contributed by atoms with Crippen molar-refractivity contribution in [2.24, 2.45) is 0 Å². The summed E-state index contributed by atoms with van der Waals surface area (Å²) in [6, 6.07) is 1.48. The molecule has 0 aromatic heterocycles. The van der Waals surface area contributed by atoms with Crippen LogP contribution in [0.5, 0.6) is 0 Å². The van der Waals surface area contributed by atoms with Crippen LogP contribution >= 0.6 is 15.9 Å². The Bertz CT molecular complexity index is 477. The Kier molecular flexibility index (Phi) is 3.04. The summed E-state index contributed by atoms with van der Waals surface area (Å²) in [6.07, 6.45) is 0. The van der Waals surface area contributed by atoms with E-state index in [1.165, 1.54) is 6.07 Å². The standard InChI is InChI=1S/C9H11BrO3S/c1-5-4-8(14(11,12)13)7(3)9(10)6(5)2/h4H,1-3H3,(H,11,12,13). The van der Waals surface area contributed by atoms with Crippen LogP contribution < -0.4 is 0 Å². The molecule has 0 aliphatic heterocycles. The van der Waals surface area contributed by atoms with Crippen LogP contribution in [0.2, 0.25) is 0 Å². The summed E-state index contributed by atoms with van der Waals surface area (Å²) in [5, 5.41) is 0. The quantitative estimate of drug-likeness (QED) is 0.804. The van der Waals surface area contributed by atoms with E-state index in [1.807, 2.05) is 6.92 Å². The molecule has 0 saturated heterocycles. The number of hydrogen-bond donors (Lipinski definition) is 1. The van der Waals surface area contributed by atoms with Crippen molar-refractivity contribution in [2.45, 2.75) is 25.7 Å². The summed E-state index contributed by atoms with van der Waals surface area (Å²) in [5.41, 5.74) is 2.35. The molecule has 1 aromatic rings. The molecule has 0 fully saturated rings. The Labute approximate surface area is 92.0 Å². The summed E-state index contributed by atoms with van der Waals surface area (Å²) in [6.45, 7) is 5.34. The van der Waals surface area contributed by atoms with Gasteiger partial charge in [-0.05, 0) is 43.5 Å². The van der Waals surface area contributed by atoms with Gasteiger partial charge >= 0.3 is 0 Å². The van der Waals surface area contributed by atoms with Crippen LogP contribution in [-0.2, 0) is 10.1 Å². The summed E-state index contributed by atoms with van der Waals surface area (Å²) in [5.74, 6) is 0. The Morgan fingerprint density at radius 2 is 1.71 bits per heavy atom. The molecule has 0 radical (unpaired) electrons. The predicted molar refractivity (Wildman–Crippen MR) is 58.2 cm³/mol. The van der Waals surface area contributed by atoms with E-state index in [-0.39, 0.29) is 4.90 Å². The molecule has 0 aliphatic rings. The minimum Gasteiger partial charge on any atom is -0.282 e. The molecule has 1 N–H and O–H groups in total. The second-order valence-corrected chi connectivity index (χ2v) is 5.41. The Hall–Kier alpha value is -0.390.